The summed E-state index contributed by atoms with van der Waals surface area (Å²) in [5, 5.41) is 2.04. The smallest absolute Gasteiger partial charge is 0.464 e. The summed E-state index contributed by atoms with van der Waals surface area (Å²) in [5.74, 6) is 1.64. The molecule has 1 heterocycles. The fourth-order valence-electron chi connectivity index (χ4n) is 2.53. The van der Waals surface area contributed by atoms with Crippen LogP contribution in [-0.4, -0.2) is 13.8 Å². The van der Waals surface area contributed by atoms with E-state index < -0.39 is 7.25 Å². The van der Waals surface area contributed by atoms with Gasteiger partial charge >= 0.3 is 7.25 Å². The van der Waals surface area contributed by atoms with E-state index in [1.54, 1.807) is 0 Å². The van der Waals surface area contributed by atoms with E-state index in [1.165, 1.54) is 6.26 Å². The second-order valence-corrected chi connectivity index (χ2v) is 5.77. The Morgan fingerprint density at radius 2 is 1.69 bits per heavy atom. The van der Waals surface area contributed by atoms with Gasteiger partial charge in [0.25, 0.3) is 0 Å². The highest BCUT2D eigenvalue weighted by atomic mass is 19.5. The Kier molecular flexibility index (Phi) is 7.83. The maximum absolute atomic E-state index is 9.75. The van der Waals surface area contributed by atoms with Crippen LogP contribution in [-0.2, 0) is 4.74 Å². The van der Waals surface area contributed by atoms with Crippen molar-refractivity contribution in [3.8, 4) is 11.3 Å². The van der Waals surface area contributed by atoms with Crippen molar-refractivity contribution in [2.45, 2.75) is 6.92 Å². The summed E-state index contributed by atoms with van der Waals surface area (Å²) in [6, 6.07) is 20.1. The molecule has 3 nitrogen and oxygen atoms in total. The Morgan fingerprint density at radius 1 is 1.07 bits per heavy atom. The number of benzene rings is 2. The molecule has 0 aliphatic rings. The Bertz CT molecular complexity index is 1040. The largest absolute Gasteiger partial charge is 0.673 e. The van der Waals surface area contributed by atoms with Gasteiger partial charge in [-0.2, -0.15) is 0 Å². The highest BCUT2D eigenvalue weighted by Crippen LogP contribution is 2.21. The molecule has 0 saturated carbocycles. The van der Waals surface area contributed by atoms with Crippen LogP contribution in [0, 0.1) is 0 Å². The lowest BCUT2D eigenvalue weighted by Crippen LogP contribution is -2.77. The molecule has 152 valence electrons. The molecule has 0 saturated heterocycles. The molecule has 0 bridgehead atoms. The molecule has 0 fully saturated rings. The van der Waals surface area contributed by atoms with Crippen LogP contribution in [0.3, 0.4) is 0 Å². The average molecular weight is 405 g/mol. The number of fused-ring (bicyclic) bond motifs is 1. The first-order valence-electron chi connectivity index (χ1n) is 8.77. The van der Waals surface area contributed by atoms with Gasteiger partial charge in [0, 0.05) is 5.56 Å². The number of para-hydroxylation sites is 1. The van der Waals surface area contributed by atoms with Crippen molar-refractivity contribution in [2.24, 2.45) is 0 Å². The highest BCUT2D eigenvalue weighted by Gasteiger charge is 2.20. The van der Waals surface area contributed by atoms with E-state index in [9.17, 15) is 17.3 Å². The van der Waals surface area contributed by atoms with E-state index in [0.717, 1.165) is 33.4 Å². The standard InChI is InChI=1S/C21H19NO2.BF4/c1-3-17(23-4-2)15-22-19-14-21(16-10-6-5-7-11-16)24-20-13-9-8-12-18(19)20;2-1(3,4)5/h3-14H,2,15H2,1H3;/q;-1/p+1/b17-3-,22-19?;. The normalized spacial score (nSPS) is 12.3. The fourth-order valence-corrected chi connectivity index (χ4v) is 2.53. The second kappa shape index (κ2) is 10.3. The Morgan fingerprint density at radius 3 is 2.31 bits per heavy atom. The molecule has 3 aromatic rings. The zero-order valence-corrected chi connectivity index (χ0v) is 15.7. The minimum Gasteiger partial charge on any atom is -0.464 e. The first-order valence-corrected chi connectivity index (χ1v) is 8.77. The predicted molar refractivity (Wildman–Crippen MR) is 106 cm³/mol. The van der Waals surface area contributed by atoms with E-state index >= 15 is 0 Å². The molecule has 0 aliphatic heterocycles. The molecule has 1 N–H and O–H groups in total. The number of hydrogen-bond acceptors (Lipinski definition) is 2. The number of halogens is 4. The van der Waals surface area contributed by atoms with Crippen molar-refractivity contribution in [2.75, 3.05) is 6.54 Å². The van der Waals surface area contributed by atoms with E-state index in [1.807, 2.05) is 73.7 Å². The van der Waals surface area contributed by atoms with Crippen LogP contribution in [0.25, 0.3) is 22.3 Å². The van der Waals surface area contributed by atoms with Crippen LogP contribution in [0.2, 0.25) is 0 Å². The van der Waals surface area contributed by atoms with Crippen LogP contribution in [0.15, 0.2) is 89.8 Å². The minimum atomic E-state index is -6.00. The maximum atomic E-state index is 9.75. The Balaban J connectivity index is 0.000000537. The van der Waals surface area contributed by atoms with Gasteiger partial charge in [-0.05, 0) is 25.1 Å². The number of ether oxygens (including phenoxy) is 1. The van der Waals surface area contributed by atoms with Crippen LogP contribution in [0.4, 0.5) is 17.3 Å². The third kappa shape index (κ3) is 7.33. The van der Waals surface area contributed by atoms with E-state index in [0.29, 0.717) is 6.54 Å². The van der Waals surface area contributed by atoms with Gasteiger partial charge in [0.05, 0.1) is 17.7 Å². The average Bonchev–Trinajstić information content (AvgIpc) is 2.70. The van der Waals surface area contributed by atoms with Crippen molar-refractivity contribution in [1.29, 1.82) is 0 Å². The molecule has 29 heavy (non-hydrogen) atoms. The van der Waals surface area contributed by atoms with Gasteiger partial charge in [0.1, 0.15) is 11.3 Å². The first kappa shape index (κ1) is 22.0. The molecule has 0 spiro atoms. The number of hydrogen-bond donors (Lipinski definition) is 1. The van der Waals surface area contributed by atoms with Crippen molar-refractivity contribution in [3.05, 3.63) is 90.7 Å². The number of nitrogens with one attached hydrogen (secondary N) is 1. The van der Waals surface area contributed by atoms with E-state index in [2.05, 4.69) is 11.6 Å². The summed E-state index contributed by atoms with van der Waals surface area (Å²) in [6.45, 7) is 6.11. The quantitative estimate of drug-likeness (QED) is 0.387. The summed E-state index contributed by atoms with van der Waals surface area (Å²) < 4.78 is 50.4. The van der Waals surface area contributed by atoms with Crippen LogP contribution in [0.1, 0.15) is 6.92 Å². The lowest BCUT2D eigenvalue weighted by atomic mass is 10.1. The van der Waals surface area contributed by atoms with Gasteiger partial charge in [-0.3, -0.25) is 0 Å². The van der Waals surface area contributed by atoms with Crippen molar-refractivity contribution in [3.63, 3.8) is 0 Å². The number of rotatable bonds is 5. The summed E-state index contributed by atoms with van der Waals surface area (Å²) in [4.78, 5) is 3.43. The fraction of sp³-hybridized carbons (Fsp3) is 0.0952. The molecular weight excluding hydrogens is 385 g/mol. The summed E-state index contributed by atoms with van der Waals surface area (Å²) >= 11 is 0. The molecule has 3 rings (SSSR count). The summed E-state index contributed by atoms with van der Waals surface area (Å²) in [7, 11) is -6.00. The van der Waals surface area contributed by atoms with Gasteiger partial charge < -0.3 is 26.4 Å². The van der Waals surface area contributed by atoms with E-state index in [4.69, 9.17) is 9.15 Å². The van der Waals surface area contributed by atoms with Gasteiger partial charge in [-0.1, -0.05) is 49.0 Å². The predicted octanol–water partition coefficient (Wildman–Crippen LogP) is 4.45. The third-order valence-electron chi connectivity index (χ3n) is 3.74. The second-order valence-electron chi connectivity index (χ2n) is 5.77. The molecule has 0 aliphatic carbocycles. The van der Waals surface area contributed by atoms with Gasteiger partial charge in [0.15, 0.2) is 12.3 Å². The SMILES string of the molecule is C=CO/C(=C\C)C[NH+]=c1cc(-c2ccccc2)oc2ccccc12.F[B-](F)(F)F. The molecule has 0 unspecified atom stereocenters. The van der Waals surface area contributed by atoms with E-state index in [-0.39, 0.29) is 0 Å². The Labute approximate surface area is 165 Å². The van der Waals surface area contributed by atoms with Gasteiger partial charge in [0.2, 0.25) is 5.36 Å². The molecule has 0 atom stereocenters. The van der Waals surface area contributed by atoms with Crippen LogP contribution >= 0.6 is 0 Å². The van der Waals surface area contributed by atoms with Crippen molar-refractivity contribution < 1.29 is 31.4 Å². The van der Waals surface area contributed by atoms with Crippen molar-refractivity contribution in [1.82, 2.24) is 0 Å². The zero-order chi connectivity index (χ0) is 21.3. The maximum Gasteiger partial charge on any atom is 0.673 e. The van der Waals surface area contributed by atoms with Gasteiger partial charge in [-0.15, -0.1) is 0 Å². The monoisotopic (exact) mass is 405 g/mol. The molecule has 0 amide bonds. The first-order chi connectivity index (χ1) is 13.8. The minimum absolute atomic E-state index is 0.574. The molecule has 1 aromatic heterocycles. The Hall–Kier alpha value is -3.29. The third-order valence-corrected chi connectivity index (χ3v) is 3.74. The lowest BCUT2D eigenvalue weighted by Gasteiger charge is -2.03. The molecule has 2 aromatic carbocycles. The molecular formula is C21H20BF4NO2. The summed E-state index contributed by atoms with van der Waals surface area (Å²) in [6.07, 6.45) is 3.35. The topological polar surface area (TPSA) is 36.3 Å². The number of allylic oxidation sites excluding steroid dienone is 1. The lowest BCUT2D eigenvalue weighted by molar-refractivity contribution is -0.493. The van der Waals surface area contributed by atoms with Crippen LogP contribution < -0.4 is 10.3 Å². The van der Waals surface area contributed by atoms with Crippen molar-refractivity contribution >= 4 is 18.2 Å². The molecule has 0 radical (unpaired) electrons. The zero-order valence-electron chi connectivity index (χ0n) is 15.7. The highest BCUT2D eigenvalue weighted by molar-refractivity contribution is 6.50. The summed E-state index contributed by atoms with van der Waals surface area (Å²) in [5.41, 5.74) is 1.88. The van der Waals surface area contributed by atoms with Gasteiger partial charge in [-0.25, -0.2) is 4.99 Å². The van der Waals surface area contributed by atoms with Crippen LogP contribution in [0.5, 0.6) is 0 Å². The molecule has 8 heteroatoms.